The average Bonchev–Trinajstić information content (AvgIpc) is 2.17. The van der Waals surface area contributed by atoms with Crippen LogP contribution in [0.1, 0.15) is 33.6 Å². The minimum absolute atomic E-state index is 0.0701. The largest absolute Gasteiger partial charge is 0.337 e. The van der Waals surface area contributed by atoms with Gasteiger partial charge in [-0.15, -0.1) is 0 Å². The summed E-state index contributed by atoms with van der Waals surface area (Å²) in [6.45, 7) is 7.60. The molecule has 1 fully saturated rings. The minimum atomic E-state index is 0.0701. The Morgan fingerprint density at radius 3 is 2.53 bits per heavy atom. The fraction of sp³-hybridized carbons (Fsp3) is 0.818. The van der Waals surface area contributed by atoms with Crippen LogP contribution in [0.5, 0.6) is 0 Å². The van der Waals surface area contributed by atoms with E-state index >= 15 is 0 Å². The summed E-state index contributed by atoms with van der Waals surface area (Å²) in [6, 6.07) is 0.237. The molecule has 0 aromatic rings. The molecule has 86 valence electrons. The number of hydrogen-bond acceptors (Lipinski definition) is 2. The molecule has 1 aliphatic heterocycles. The zero-order valence-corrected chi connectivity index (χ0v) is 9.82. The van der Waals surface area contributed by atoms with Gasteiger partial charge in [0.15, 0.2) is 0 Å². The second-order valence-electron chi connectivity index (χ2n) is 4.25. The van der Waals surface area contributed by atoms with E-state index in [1.807, 2.05) is 25.7 Å². The molecule has 1 saturated heterocycles. The van der Waals surface area contributed by atoms with E-state index < -0.39 is 0 Å². The highest BCUT2D eigenvalue weighted by Gasteiger charge is 2.27. The highest BCUT2D eigenvalue weighted by molar-refractivity contribution is 5.86. The summed E-state index contributed by atoms with van der Waals surface area (Å²) < 4.78 is 0. The van der Waals surface area contributed by atoms with Crippen molar-refractivity contribution in [1.29, 1.82) is 0 Å². The molecule has 1 rings (SSSR count). The molecule has 4 heteroatoms. The van der Waals surface area contributed by atoms with Gasteiger partial charge in [-0.1, -0.05) is 6.92 Å². The van der Waals surface area contributed by atoms with Crippen molar-refractivity contribution < 1.29 is 9.59 Å². The third-order valence-corrected chi connectivity index (χ3v) is 2.70. The van der Waals surface area contributed by atoms with Crippen LogP contribution in [0.15, 0.2) is 0 Å². The van der Waals surface area contributed by atoms with Gasteiger partial charge in [-0.2, -0.15) is 0 Å². The number of amides is 2. The number of carbonyl (C=O) groups is 2. The summed E-state index contributed by atoms with van der Waals surface area (Å²) in [7, 11) is 0. The highest BCUT2D eigenvalue weighted by atomic mass is 16.2. The van der Waals surface area contributed by atoms with Gasteiger partial charge in [0.25, 0.3) is 0 Å². The lowest BCUT2D eigenvalue weighted by Gasteiger charge is -2.36. The molecule has 0 N–H and O–H groups in total. The molecule has 0 aromatic carbocycles. The van der Waals surface area contributed by atoms with Crippen LogP contribution in [-0.2, 0) is 9.59 Å². The van der Waals surface area contributed by atoms with Crippen molar-refractivity contribution >= 4 is 11.8 Å². The minimum Gasteiger partial charge on any atom is -0.337 e. The molecular formula is C11H20N2O2. The van der Waals surface area contributed by atoms with E-state index in [1.165, 1.54) is 0 Å². The van der Waals surface area contributed by atoms with Gasteiger partial charge >= 0.3 is 0 Å². The molecule has 4 nitrogen and oxygen atoms in total. The lowest BCUT2D eigenvalue weighted by molar-refractivity contribution is -0.146. The Balaban J connectivity index is 2.51. The Bertz CT molecular complexity index is 251. The quantitative estimate of drug-likeness (QED) is 0.696. The van der Waals surface area contributed by atoms with Crippen LogP contribution in [0.3, 0.4) is 0 Å². The Morgan fingerprint density at radius 2 is 2.07 bits per heavy atom. The summed E-state index contributed by atoms with van der Waals surface area (Å²) in [6.07, 6.45) is 1.40. The summed E-state index contributed by atoms with van der Waals surface area (Å²) in [5, 5.41) is 0. The molecule has 0 saturated carbocycles. The number of nitrogens with zero attached hydrogens (tertiary/aromatic N) is 2. The maximum Gasteiger partial charge on any atom is 0.242 e. The lowest BCUT2D eigenvalue weighted by Crippen LogP contribution is -2.54. The van der Waals surface area contributed by atoms with Crippen LogP contribution < -0.4 is 0 Å². The monoisotopic (exact) mass is 212 g/mol. The molecular weight excluding hydrogens is 192 g/mol. The maximum atomic E-state index is 11.7. The predicted molar refractivity (Wildman–Crippen MR) is 58.3 cm³/mol. The predicted octanol–water partition coefficient (Wildman–Crippen LogP) is 0.866. The topological polar surface area (TPSA) is 40.6 Å². The van der Waals surface area contributed by atoms with Gasteiger partial charge in [-0.25, -0.2) is 0 Å². The van der Waals surface area contributed by atoms with E-state index in [1.54, 1.807) is 4.90 Å². The fourth-order valence-corrected chi connectivity index (χ4v) is 1.82. The smallest absolute Gasteiger partial charge is 0.242 e. The summed E-state index contributed by atoms with van der Waals surface area (Å²) >= 11 is 0. The Labute approximate surface area is 91.2 Å². The lowest BCUT2D eigenvalue weighted by atomic mass is 10.2. The van der Waals surface area contributed by atoms with Crippen LogP contribution in [0, 0.1) is 0 Å². The first-order valence-corrected chi connectivity index (χ1v) is 5.63. The fourth-order valence-electron chi connectivity index (χ4n) is 1.82. The van der Waals surface area contributed by atoms with Crippen molar-refractivity contribution in [3.05, 3.63) is 0 Å². The SMILES string of the molecule is CCCC(=O)N1CCN(C(C)C)C(=O)C1. The molecule has 0 unspecified atom stereocenters. The van der Waals surface area contributed by atoms with E-state index in [0.717, 1.165) is 6.42 Å². The van der Waals surface area contributed by atoms with E-state index in [9.17, 15) is 9.59 Å². The van der Waals surface area contributed by atoms with Crippen molar-refractivity contribution in [3.63, 3.8) is 0 Å². The van der Waals surface area contributed by atoms with Crippen LogP contribution in [0.25, 0.3) is 0 Å². The number of carbonyl (C=O) groups excluding carboxylic acids is 2. The number of piperazine rings is 1. The molecule has 0 bridgehead atoms. The Morgan fingerprint density at radius 1 is 1.40 bits per heavy atom. The van der Waals surface area contributed by atoms with Crippen molar-refractivity contribution in [3.8, 4) is 0 Å². The van der Waals surface area contributed by atoms with Crippen molar-refractivity contribution in [1.82, 2.24) is 9.80 Å². The molecule has 15 heavy (non-hydrogen) atoms. The van der Waals surface area contributed by atoms with Crippen LogP contribution in [-0.4, -0.2) is 47.3 Å². The van der Waals surface area contributed by atoms with Crippen molar-refractivity contribution in [2.45, 2.75) is 39.7 Å². The molecule has 2 amide bonds. The van der Waals surface area contributed by atoms with Gasteiger partial charge in [0.05, 0.1) is 6.54 Å². The molecule has 0 aliphatic carbocycles. The van der Waals surface area contributed by atoms with Gasteiger partial charge in [-0.05, 0) is 20.3 Å². The first-order chi connectivity index (χ1) is 7.06. The normalized spacial score (nSPS) is 17.5. The van der Waals surface area contributed by atoms with E-state index in [0.29, 0.717) is 19.5 Å². The van der Waals surface area contributed by atoms with E-state index in [-0.39, 0.29) is 24.4 Å². The van der Waals surface area contributed by atoms with E-state index in [4.69, 9.17) is 0 Å². The van der Waals surface area contributed by atoms with Gasteiger partial charge in [0, 0.05) is 25.6 Å². The van der Waals surface area contributed by atoms with Crippen molar-refractivity contribution in [2.24, 2.45) is 0 Å². The maximum absolute atomic E-state index is 11.7. The summed E-state index contributed by atoms with van der Waals surface area (Å²) in [5.74, 6) is 0.176. The Hall–Kier alpha value is -1.06. The first kappa shape index (κ1) is 12.0. The van der Waals surface area contributed by atoms with Crippen LogP contribution >= 0.6 is 0 Å². The number of rotatable bonds is 3. The van der Waals surface area contributed by atoms with Gasteiger partial charge < -0.3 is 9.80 Å². The second-order valence-corrected chi connectivity index (χ2v) is 4.25. The third kappa shape index (κ3) is 2.94. The van der Waals surface area contributed by atoms with Gasteiger partial charge in [0.2, 0.25) is 11.8 Å². The van der Waals surface area contributed by atoms with E-state index in [2.05, 4.69) is 0 Å². The number of hydrogen-bond donors (Lipinski definition) is 0. The molecule has 1 heterocycles. The van der Waals surface area contributed by atoms with Crippen LogP contribution in [0.2, 0.25) is 0 Å². The van der Waals surface area contributed by atoms with Gasteiger partial charge in [-0.3, -0.25) is 9.59 Å². The standard InChI is InChI=1S/C11H20N2O2/c1-4-5-10(14)12-6-7-13(9(2)3)11(15)8-12/h9H,4-8H2,1-3H3. The molecule has 0 aromatic heterocycles. The average molecular weight is 212 g/mol. The van der Waals surface area contributed by atoms with Gasteiger partial charge in [0.1, 0.15) is 0 Å². The molecule has 0 atom stereocenters. The second kappa shape index (κ2) is 5.14. The highest BCUT2D eigenvalue weighted by Crippen LogP contribution is 2.09. The molecule has 1 aliphatic rings. The zero-order valence-electron chi connectivity index (χ0n) is 9.82. The third-order valence-electron chi connectivity index (χ3n) is 2.70. The molecule has 0 spiro atoms. The zero-order chi connectivity index (χ0) is 11.4. The summed E-state index contributed by atoms with van der Waals surface area (Å²) in [5.41, 5.74) is 0. The Kier molecular flexibility index (Phi) is 4.12. The van der Waals surface area contributed by atoms with Crippen LogP contribution in [0.4, 0.5) is 0 Å². The van der Waals surface area contributed by atoms with Crippen molar-refractivity contribution in [2.75, 3.05) is 19.6 Å². The first-order valence-electron chi connectivity index (χ1n) is 5.63. The summed E-state index contributed by atoms with van der Waals surface area (Å²) in [4.78, 5) is 26.8. The molecule has 0 radical (unpaired) electrons.